The third kappa shape index (κ3) is 6.86. The molecule has 0 spiro atoms. The summed E-state index contributed by atoms with van der Waals surface area (Å²) in [6.45, 7) is 0. The van der Waals surface area contributed by atoms with Crippen molar-refractivity contribution in [2.75, 3.05) is 5.75 Å². The van der Waals surface area contributed by atoms with Crippen LogP contribution in [-0.4, -0.2) is 10.8 Å². The van der Waals surface area contributed by atoms with Crippen molar-refractivity contribution in [2.24, 2.45) is 10.9 Å². The van der Waals surface area contributed by atoms with Gasteiger partial charge in [0.25, 0.3) is 0 Å². The second-order valence-electron chi connectivity index (χ2n) is 6.48. The average Bonchev–Trinajstić information content (AvgIpc) is 2.69. The zero-order valence-electron chi connectivity index (χ0n) is 14.8. The molecular formula is C22H24ClNS2. The van der Waals surface area contributed by atoms with Crippen LogP contribution in [0, 0.1) is 5.92 Å². The Kier molecular flexibility index (Phi) is 8.19. The lowest BCUT2D eigenvalue weighted by molar-refractivity contribution is 0.391. The van der Waals surface area contributed by atoms with Gasteiger partial charge in [0, 0.05) is 15.7 Å². The maximum absolute atomic E-state index is 5.95. The highest BCUT2D eigenvalue weighted by molar-refractivity contribution is 8.14. The van der Waals surface area contributed by atoms with E-state index in [2.05, 4.69) is 23.6 Å². The largest absolute Gasteiger partial charge is 0.242 e. The molecule has 1 aliphatic carbocycles. The lowest BCUT2D eigenvalue weighted by Gasteiger charge is -2.20. The van der Waals surface area contributed by atoms with Gasteiger partial charge < -0.3 is 0 Å². The maximum Gasteiger partial charge on any atom is 0.0972 e. The van der Waals surface area contributed by atoms with E-state index < -0.39 is 0 Å². The van der Waals surface area contributed by atoms with Crippen LogP contribution < -0.4 is 0 Å². The molecule has 0 radical (unpaired) electrons. The molecule has 1 aliphatic rings. The molecule has 0 aromatic heterocycles. The fourth-order valence-corrected chi connectivity index (χ4v) is 4.92. The summed E-state index contributed by atoms with van der Waals surface area (Å²) in [5.41, 5.74) is 1.01. The molecule has 0 N–H and O–H groups in total. The molecular weight excluding hydrogens is 378 g/mol. The lowest BCUT2D eigenvalue weighted by atomic mass is 9.91. The highest BCUT2D eigenvalue weighted by Crippen LogP contribution is 2.29. The molecule has 2 aromatic rings. The SMILES string of the molecule is Clc1ccc(S/C=C/C(=Nc2ccccc2)SCC2CCCCC2)cc1. The third-order valence-electron chi connectivity index (χ3n) is 4.42. The average molecular weight is 402 g/mol. The normalized spacial score (nSPS) is 16.3. The van der Waals surface area contributed by atoms with Crippen LogP contribution in [-0.2, 0) is 0 Å². The molecule has 26 heavy (non-hydrogen) atoms. The van der Waals surface area contributed by atoms with E-state index in [1.807, 2.05) is 54.2 Å². The predicted octanol–water partition coefficient (Wildman–Crippen LogP) is 7.99. The van der Waals surface area contributed by atoms with Gasteiger partial charge in [-0.15, -0.1) is 11.8 Å². The second kappa shape index (κ2) is 10.9. The Bertz CT molecular complexity index is 720. The number of nitrogens with zero attached hydrogens (tertiary/aromatic N) is 1. The first-order valence-corrected chi connectivity index (χ1v) is 11.4. The third-order valence-corrected chi connectivity index (χ3v) is 6.65. The van der Waals surface area contributed by atoms with Crippen LogP contribution in [0.4, 0.5) is 5.69 Å². The number of benzene rings is 2. The summed E-state index contributed by atoms with van der Waals surface area (Å²) in [6.07, 6.45) is 9.06. The number of hydrogen-bond donors (Lipinski definition) is 0. The first-order chi connectivity index (χ1) is 12.8. The molecule has 4 heteroatoms. The van der Waals surface area contributed by atoms with Crippen LogP contribution in [0.15, 0.2) is 76.0 Å². The zero-order valence-corrected chi connectivity index (χ0v) is 17.2. The molecule has 0 heterocycles. The van der Waals surface area contributed by atoms with Crippen molar-refractivity contribution in [1.29, 1.82) is 0 Å². The fraction of sp³-hybridized carbons (Fsp3) is 0.318. The Hall–Kier alpha value is -1.16. The second-order valence-corrected chi connectivity index (χ2v) is 8.93. The van der Waals surface area contributed by atoms with Crippen LogP contribution >= 0.6 is 35.1 Å². The van der Waals surface area contributed by atoms with E-state index >= 15 is 0 Å². The molecule has 0 aliphatic heterocycles. The minimum Gasteiger partial charge on any atom is -0.242 e. The Morgan fingerprint density at radius 2 is 1.73 bits per heavy atom. The number of para-hydroxylation sites is 1. The summed E-state index contributed by atoms with van der Waals surface area (Å²) in [5.74, 6) is 2.01. The Morgan fingerprint density at radius 1 is 1.00 bits per heavy atom. The Labute approximate surface area is 170 Å². The van der Waals surface area contributed by atoms with Crippen LogP contribution in [0.5, 0.6) is 0 Å². The number of thioether (sulfide) groups is 2. The molecule has 1 saturated carbocycles. The molecule has 0 saturated heterocycles. The minimum absolute atomic E-state index is 0.771. The van der Waals surface area contributed by atoms with Gasteiger partial charge in [0.05, 0.1) is 10.7 Å². The van der Waals surface area contributed by atoms with E-state index in [1.54, 1.807) is 11.8 Å². The highest BCUT2D eigenvalue weighted by Gasteiger charge is 2.14. The molecule has 0 atom stereocenters. The summed E-state index contributed by atoms with van der Waals surface area (Å²) in [6, 6.07) is 18.1. The summed E-state index contributed by atoms with van der Waals surface area (Å²) in [7, 11) is 0. The van der Waals surface area contributed by atoms with Crippen molar-refractivity contribution in [3.05, 3.63) is 71.1 Å². The van der Waals surface area contributed by atoms with E-state index in [-0.39, 0.29) is 0 Å². The molecule has 0 bridgehead atoms. The zero-order chi connectivity index (χ0) is 18.0. The lowest BCUT2D eigenvalue weighted by Crippen LogP contribution is -2.09. The van der Waals surface area contributed by atoms with Gasteiger partial charge in [0.2, 0.25) is 0 Å². The molecule has 1 fully saturated rings. The maximum atomic E-state index is 5.95. The summed E-state index contributed by atoms with van der Waals surface area (Å²) in [5, 5.41) is 3.98. The van der Waals surface area contributed by atoms with Gasteiger partial charge in [-0.3, -0.25) is 0 Å². The van der Waals surface area contributed by atoms with Gasteiger partial charge >= 0.3 is 0 Å². The van der Waals surface area contributed by atoms with E-state index in [4.69, 9.17) is 16.6 Å². The topological polar surface area (TPSA) is 12.4 Å². The monoisotopic (exact) mass is 401 g/mol. The van der Waals surface area contributed by atoms with Crippen molar-refractivity contribution in [1.82, 2.24) is 0 Å². The van der Waals surface area contributed by atoms with E-state index in [9.17, 15) is 0 Å². The fourth-order valence-electron chi connectivity index (χ4n) is 2.99. The summed E-state index contributed by atoms with van der Waals surface area (Å²) in [4.78, 5) is 6.03. The molecule has 3 rings (SSSR count). The van der Waals surface area contributed by atoms with Gasteiger partial charge in [-0.1, -0.05) is 60.8 Å². The van der Waals surface area contributed by atoms with Gasteiger partial charge in [-0.2, -0.15) is 0 Å². The van der Waals surface area contributed by atoms with Crippen molar-refractivity contribution >= 4 is 45.9 Å². The van der Waals surface area contributed by atoms with Crippen LogP contribution in [0.25, 0.3) is 0 Å². The number of halogens is 1. The van der Waals surface area contributed by atoms with E-state index in [0.717, 1.165) is 21.7 Å². The quantitative estimate of drug-likeness (QED) is 0.276. The van der Waals surface area contributed by atoms with Crippen molar-refractivity contribution in [2.45, 2.75) is 37.0 Å². The first-order valence-electron chi connectivity index (χ1n) is 9.15. The van der Waals surface area contributed by atoms with Gasteiger partial charge in [-0.25, -0.2) is 4.99 Å². The number of rotatable bonds is 6. The highest BCUT2D eigenvalue weighted by atomic mass is 35.5. The molecule has 136 valence electrons. The van der Waals surface area contributed by atoms with Crippen molar-refractivity contribution in [3.63, 3.8) is 0 Å². The molecule has 0 unspecified atom stereocenters. The van der Waals surface area contributed by atoms with Crippen molar-refractivity contribution in [3.8, 4) is 0 Å². The molecule has 1 nitrogen and oxygen atoms in total. The number of hydrogen-bond acceptors (Lipinski definition) is 3. The van der Waals surface area contributed by atoms with E-state index in [0.29, 0.717) is 0 Å². The predicted molar refractivity (Wildman–Crippen MR) is 119 cm³/mol. The summed E-state index contributed by atoms with van der Waals surface area (Å²) >= 11 is 9.54. The Morgan fingerprint density at radius 3 is 2.46 bits per heavy atom. The molecule has 0 amide bonds. The van der Waals surface area contributed by atoms with Gasteiger partial charge in [-0.05, 0) is 66.6 Å². The van der Waals surface area contributed by atoms with E-state index in [1.165, 1.54) is 42.8 Å². The van der Waals surface area contributed by atoms with Crippen LogP contribution in [0.3, 0.4) is 0 Å². The first kappa shape index (κ1) is 19.6. The van der Waals surface area contributed by atoms with Gasteiger partial charge in [0.15, 0.2) is 0 Å². The standard InChI is InChI=1S/C22H24ClNS2/c23-19-11-13-21(14-12-19)25-16-15-22(24-20-9-5-2-6-10-20)26-17-18-7-3-1-4-8-18/h2,5-6,9-16,18H,1,3-4,7-8,17H2/b16-15+,24-22?. The van der Waals surface area contributed by atoms with Crippen LogP contribution in [0.2, 0.25) is 5.02 Å². The number of aliphatic imine (C=N–C) groups is 1. The molecule has 2 aromatic carbocycles. The smallest absolute Gasteiger partial charge is 0.0972 e. The minimum atomic E-state index is 0.771. The summed E-state index contributed by atoms with van der Waals surface area (Å²) < 4.78 is 0. The van der Waals surface area contributed by atoms with Crippen molar-refractivity contribution < 1.29 is 0 Å². The van der Waals surface area contributed by atoms with Crippen LogP contribution in [0.1, 0.15) is 32.1 Å². The Balaban J connectivity index is 1.64. The van der Waals surface area contributed by atoms with Gasteiger partial charge in [0.1, 0.15) is 0 Å².